The van der Waals surface area contributed by atoms with Gasteiger partial charge in [0.2, 0.25) is 0 Å². The Bertz CT molecular complexity index is 424. The summed E-state index contributed by atoms with van der Waals surface area (Å²) in [7, 11) is 0. The lowest BCUT2D eigenvalue weighted by Crippen LogP contribution is -2.64. The largest absolute Gasteiger partial charge is 0.462 e. The standard InChI is InChI=1S/C11H11F9O2/c1-3-4-5-22-7(21)6(2)8(12,10(15,16)17)9(13,14)11(18,19)20/h2-5H2,1H3. The zero-order chi connectivity index (χ0) is 18.0. The molecule has 2 nitrogen and oxygen atoms in total. The molecule has 0 aliphatic heterocycles. The van der Waals surface area contributed by atoms with Crippen LogP contribution < -0.4 is 0 Å². The van der Waals surface area contributed by atoms with Gasteiger partial charge < -0.3 is 4.74 Å². The molecule has 11 heteroatoms. The maximum atomic E-state index is 13.7. The summed E-state index contributed by atoms with van der Waals surface area (Å²) in [5.41, 5.74) is -9.00. The second-order valence-electron chi connectivity index (χ2n) is 4.20. The fraction of sp³-hybridized carbons (Fsp3) is 0.727. The van der Waals surface area contributed by atoms with E-state index in [1.54, 1.807) is 6.92 Å². The normalized spacial score (nSPS) is 16.1. The summed E-state index contributed by atoms with van der Waals surface area (Å²) in [5.74, 6) is -9.24. The molecule has 130 valence electrons. The van der Waals surface area contributed by atoms with E-state index in [4.69, 9.17) is 0 Å². The van der Waals surface area contributed by atoms with E-state index in [1.807, 2.05) is 0 Å². The first kappa shape index (κ1) is 20.6. The van der Waals surface area contributed by atoms with E-state index >= 15 is 0 Å². The van der Waals surface area contributed by atoms with Crippen LogP contribution in [-0.2, 0) is 9.53 Å². The molecule has 0 heterocycles. The Morgan fingerprint density at radius 1 is 0.955 bits per heavy atom. The molecule has 1 unspecified atom stereocenters. The first-order valence-electron chi connectivity index (χ1n) is 5.71. The first-order chi connectivity index (χ1) is 9.64. The summed E-state index contributed by atoms with van der Waals surface area (Å²) in [4.78, 5) is 11.1. The van der Waals surface area contributed by atoms with Crippen molar-refractivity contribution in [2.45, 2.75) is 43.7 Å². The minimum Gasteiger partial charge on any atom is -0.462 e. The summed E-state index contributed by atoms with van der Waals surface area (Å²) in [5, 5.41) is 0. The Morgan fingerprint density at radius 3 is 1.73 bits per heavy atom. The third-order valence-corrected chi connectivity index (χ3v) is 2.57. The zero-order valence-corrected chi connectivity index (χ0v) is 11.0. The molecular weight excluding hydrogens is 335 g/mol. The molecule has 0 N–H and O–H groups in total. The summed E-state index contributed by atoms with van der Waals surface area (Å²) in [6.45, 7) is 3.08. The van der Waals surface area contributed by atoms with E-state index in [1.165, 1.54) is 0 Å². The molecule has 0 saturated carbocycles. The third kappa shape index (κ3) is 3.49. The van der Waals surface area contributed by atoms with Crippen molar-refractivity contribution in [1.82, 2.24) is 0 Å². The van der Waals surface area contributed by atoms with Crippen LogP contribution >= 0.6 is 0 Å². The van der Waals surface area contributed by atoms with Crippen LogP contribution in [0.5, 0.6) is 0 Å². The van der Waals surface area contributed by atoms with Crippen molar-refractivity contribution in [3.8, 4) is 0 Å². The van der Waals surface area contributed by atoms with Crippen LogP contribution in [0.1, 0.15) is 19.8 Å². The van der Waals surface area contributed by atoms with Crippen LogP contribution in [0, 0.1) is 0 Å². The minimum absolute atomic E-state index is 0.0833. The average molecular weight is 346 g/mol. The Labute approximate surface area is 118 Å². The van der Waals surface area contributed by atoms with E-state index in [0.717, 1.165) is 0 Å². The summed E-state index contributed by atoms with van der Waals surface area (Å²) >= 11 is 0. The second kappa shape index (κ2) is 6.37. The van der Waals surface area contributed by atoms with Crippen LogP contribution in [0.15, 0.2) is 12.2 Å². The number of unbranched alkanes of at least 4 members (excludes halogenated alkanes) is 1. The van der Waals surface area contributed by atoms with Crippen molar-refractivity contribution in [3.05, 3.63) is 12.2 Å². The van der Waals surface area contributed by atoms with Crippen LogP contribution in [0.4, 0.5) is 39.5 Å². The molecule has 0 fully saturated rings. The highest BCUT2D eigenvalue weighted by atomic mass is 19.4. The lowest BCUT2D eigenvalue weighted by molar-refractivity contribution is -0.372. The maximum Gasteiger partial charge on any atom is 0.457 e. The maximum absolute atomic E-state index is 13.7. The van der Waals surface area contributed by atoms with Crippen LogP contribution in [0.25, 0.3) is 0 Å². The molecule has 0 rings (SSSR count). The minimum atomic E-state index is -6.92. The Morgan fingerprint density at radius 2 is 1.41 bits per heavy atom. The molecule has 0 aromatic rings. The van der Waals surface area contributed by atoms with E-state index in [2.05, 4.69) is 11.3 Å². The highest BCUT2D eigenvalue weighted by Gasteiger charge is 2.83. The van der Waals surface area contributed by atoms with Gasteiger partial charge in [-0.2, -0.15) is 35.1 Å². The van der Waals surface area contributed by atoms with E-state index < -0.39 is 42.1 Å². The molecule has 0 aliphatic carbocycles. The molecule has 0 aromatic carbocycles. The van der Waals surface area contributed by atoms with E-state index in [9.17, 15) is 44.3 Å². The van der Waals surface area contributed by atoms with Crippen molar-refractivity contribution in [1.29, 1.82) is 0 Å². The Hall–Kier alpha value is -1.42. The number of ether oxygens (including phenoxy) is 1. The highest BCUT2D eigenvalue weighted by molar-refractivity contribution is 5.90. The van der Waals surface area contributed by atoms with Gasteiger partial charge in [0.25, 0.3) is 0 Å². The van der Waals surface area contributed by atoms with Crippen molar-refractivity contribution < 1.29 is 49.0 Å². The third-order valence-electron chi connectivity index (χ3n) is 2.57. The van der Waals surface area contributed by atoms with Crippen molar-refractivity contribution in [2.24, 2.45) is 0 Å². The van der Waals surface area contributed by atoms with Crippen molar-refractivity contribution in [2.75, 3.05) is 6.61 Å². The quantitative estimate of drug-likeness (QED) is 0.309. The molecule has 0 bridgehead atoms. The number of carbonyl (C=O) groups is 1. The SMILES string of the molecule is C=C(C(=O)OCCCC)C(F)(C(F)(F)F)C(F)(F)C(F)(F)F. The fourth-order valence-corrected chi connectivity index (χ4v) is 1.27. The molecule has 0 radical (unpaired) electrons. The topological polar surface area (TPSA) is 26.3 Å². The van der Waals surface area contributed by atoms with Gasteiger partial charge in [-0.25, -0.2) is 9.18 Å². The number of alkyl halides is 9. The molecular formula is C11H11F9O2. The number of halogens is 9. The number of hydrogen-bond donors (Lipinski definition) is 0. The molecule has 0 aromatic heterocycles. The smallest absolute Gasteiger partial charge is 0.457 e. The van der Waals surface area contributed by atoms with Crippen LogP contribution in [-0.4, -0.2) is 36.5 Å². The zero-order valence-electron chi connectivity index (χ0n) is 11.0. The fourth-order valence-electron chi connectivity index (χ4n) is 1.27. The van der Waals surface area contributed by atoms with Gasteiger partial charge in [0, 0.05) is 0 Å². The summed E-state index contributed by atoms with van der Waals surface area (Å²) < 4.78 is 118. The molecule has 0 spiro atoms. The lowest BCUT2D eigenvalue weighted by atomic mass is 9.88. The number of hydrogen-bond acceptors (Lipinski definition) is 2. The van der Waals surface area contributed by atoms with Gasteiger partial charge in [-0.15, -0.1) is 0 Å². The van der Waals surface area contributed by atoms with Crippen molar-refractivity contribution in [3.63, 3.8) is 0 Å². The predicted molar refractivity (Wildman–Crippen MR) is 55.9 cm³/mol. The summed E-state index contributed by atoms with van der Waals surface area (Å²) in [6.07, 6.45) is -13.2. The first-order valence-corrected chi connectivity index (χ1v) is 5.71. The number of esters is 1. The predicted octanol–water partition coefficient (Wildman–Crippen LogP) is 4.35. The summed E-state index contributed by atoms with van der Waals surface area (Å²) in [6, 6.07) is 0. The molecule has 0 aliphatic rings. The molecule has 0 saturated heterocycles. The second-order valence-corrected chi connectivity index (χ2v) is 4.20. The Kier molecular flexibility index (Phi) is 5.96. The van der Waals surface area contributed by atoms with E-state index in [0.29, 0.717) is 6.42 Å². The van der Waals surface area contributed by atoms with Gasteiger partial charge >= 0.3 is 29.9 Å². The van der Waals surface area contributed by atoms with Crippen molar-refractivity contribution >= 4 is 5.97 Å². The van der Waals surface area contributed by atoms with Gasteiger partial charge in [-0.05, 0) is 6.42 Å². The lowest BCUT2D eigenvalue weighted by Gasteiger charge is -2.36. The van der Waals surface area contributed by atoms with Gasteiger partial charge in [0.1, 0.15) is 0 Å². The average Bonchev–Trinajstić information content (AvgIpc) is 2.34. The van der Waals surface area contributed by atoms with Gasteiger partial charge in [0.05, 0.1) is 12.2 Å². The van der Waals surface area contributed by atoms with E-state index in [-0.39, 0.29) is 6.42 Å². The van der Waals surface area contributed by atoms with Gasteiger partial charge in [-0.3, -0.25) is 0 Å². The van der Waals surface area contributed by atoms with Gasteiger partial charge in [-0.1, -0.05) is 19.9 Å². The highest BCUT2D eigenvalue weighted by Crippen LogP contribution is 2.55. The monoisotopic (exact) mass is 346 g/mol. The van der Waals surface area contributed by atoms with Gasteiger partial charge in [0.15, 0.2) is 0 Å². The Balaban J connectivity index is 5.76. The number of rotatable bonds is 6. The molecule has 0 amide bonds. The molecule has 22 heavy (non-hydrogen) atoms. The van der Waals surface area contributed by atoms with Crippen LogP contribution in [0.3, 0.4) is 0 Å². The number of carbonyl (C=O) groups excluding carboxylic acids is 1. The van der Waals surface area contributed by atoms with Crippen LogP contribution in [0.2, 0.25) is 0 Å². The molecule has 1 atom stereocenters.